The van der Waals surface area contributed by atoms with Crippen molar-refractivity contribution in [1.29, 1.82) is 0 Å². The van der Waals surface area contributed by atoms with E-state index in [0.29, 0.717) is 23.9 Å². The number of esters is 2. The molecule has 9 nitrogen and oxygen atoms in total. The highest BCUT2D eigenvalue weighted by molar-refractivity contribution is 7.47. The lowest BCUT2D eigenvalue weighted by atomic mass is 10.0. The minimum Gasteiger partial charge on any atom is -0.462 e. The Hall–Kier alpha value is -2.55. The maximum Gasteiger partial charge on any atom is 0.472 e. The summed E-state index contributed by atoms with van der Waals surface area (Å²) in [5.41, 5.74) is 0. The number of hydrogen-bond donors (Lipinski definition) is 1. The van der Waals surface area contributed by atoms with Crippen LogP contribution in [0.4, 0.5) is 0 Å². The zero-order chi connectivity index (χ0) is 73.3. The number of hydrogen-bond acceptors (Lipinski definition) is 7. The summed E-state index contributed by atoms with van der Waals surface area (Å²) >= 11 is 0. The van der Waals surface area contributed by atoms with Crippen LogP contribution in [-0.2, 0) is 32.7 Å². The first-order valence-corrected chi connectivity index (χ1v) is 45.7. The van der Waals surface area contributed by atoms with Crippen molar-refractivity contribution in [3.63, 3.8) is 0 Å². The molecule has 0 aromatic rings. The van der Waals surface area contributed by atoms with Crippen molar-refractivity contribution in [2.24, 2.45) is 0 Å². The molecule has 0 saturated heterocycles. The van der Waals surface area contributed by atoms with Crippen molar-refractivity contribution in [3.05, 3.63) is 72.9 Å². The van der Waals surface area contributed by atoms with E-state index in [0.717, 1.165) is 70.6 Å². The van der Waals surface area contributed by atoms with Crippen LogP contribution in [0.25, 0.3) is 0 Å². The number of ether oxygens (including phenoxy) is 2. The average molecular weight is 1440 g/mol. The third-order valence-electron chi connectivity index (χ3n) is 20.0. The standard InChI is InChI=1S/C91H170NO8P/c1-6-8-10-12-14-16-18-20-22-24-26-28-30-32-34-36-38-40-42-44-45-46-47-48-50-52-54-56-58-60-62-64-66-68-70-72-74-76-78-80-82-84-91(94)100-89(88-99-101(95,96)98-86-85-92(3,4)5)87-97-90(93)83-81-79-77-75-73-71-69-67-65-63-61-59-57-55-53-51-49-43-41-39-37-35-33-31-29-27-25-23-21-19-17-15-13-11-9-7-2/h8,10,14,16,20,22,26,28,32,34,38,40,89H,6-7,9,11-13,15,17-19,21,23-25,27,29-31,33,35-37,39,41-88H2,1-5H3/p+1/b10-8-,16-14-,22-20-,28-26-,34-32-,40-38-. The highest BCUT2D eigenvalue weighted by Crippen LogP contribution is 2.43. The van der Waals surface area contributed by atoms with Crippen molar-refractivity contribution >= 4 is 19.8 Å². The van der Waals surface area contributed by atoms with Crippen LogP contribution in [-0.4, -0.2) is 74.9 Å². The Morgan fingerprint density at radius 2 is 0.564 bits per heavy atom. The quantitative estimate of drug-likeness (QED) is 0.0211. The molecule has 0 aliphatic rings. The fourth-order valence-electron chi connectivity index (χ4n) is 13.3. The molecule has 10 heteroatoms. The molecule has 0 aliphatic carbocycles. The summed E-state index contributed by atoms with van der Waals surface area (Å²) in [6.07, 6.45) is 112. The molecule has 2 unspecified atom stereocenters. The topological polar surface area (TPSA) is 108 Å². The number of likely N-dealkylation sites (N-methyl/N-ethyl adjacent to an activating group) is 1. The summed E-state index contributed by atoms with van der Waals surface area (Å²) in [4.78, 5) is 36.1. The number of unbranched alkanes of at least 4 members (excludes halogenated alkanes) is 57. The SMILES string of the molecule is CC/C=C\C/C=C\C/C=C\C/C=C\C/C=C\C/C=C\CCCCCCCCCCCCCCCCCCCCCCCCC(=O)OC(COC(=O)CCCCCCCCCCCCCCCCCCCCCCCCCCCCCCCCCCCCCC)COP(=O)(O)OCC[N+](C)(C)C. The van der Waals surface area contributed by atoms with Crippen molar-refractivity contribution in [2.75, 3.05) is 47.5 Å². The van der Waals surface area contributed by atoms with Gasteiger partial charge in [0.2, 0.25) is 0 Å². The van der Waals surface area contributed by atoms with Crippen molar-refractivity contribution in [1.82, 2.24) is 0 Å². The first kappa shape index (κ1) is 98.5. The predicted molar refractivity (Wildman–Crippen MR) is 441 cm³/mol. The minimum atomic E-state index is -4.40. The summed E-state index contributed by atoms with van der Waals surface area (Å²) in [5.74, 6) is -0.771. The minimum absolute atomic E-state index is 0.0342. The van der Waals surface area contributed by atoms with Crippen LogP contribution in [0.2, 0.25) is 0 Å². The van der Waals surface area contributed by atoms with Gasteiger partial charge in [-0.05, 0) is 64.2 Å². The molecule has 0 aromatic carbocycles. The lowest BCUT2D eigenvalue weighted by molar-refractivity contribution is -0.870. The van der Waals surface area contributed by atoms with Crippen LogP contribution in [0.5, 0.6) is 0 Å². The van der Waals surface area contributed by atoms with Crippen LogP contribution in [0, 0.1) is 0 Å². The van der Waals surface area contributed by atoms with E-state index in [1.165, 1.54) is 340 Å². The van der Waals surface area contributed by atoms with Gasteiger partial charge in [0.05, 0.1) is 27.7 Å². The van der Waals surface area contributed by atoms with E-state index in [9.17, 15) is 19.0 Å². The fraction of sp³-hybridized carbons (Fsp3) is 0.846. The van der Waals surface area contributed by atoms with Gasteiger partial charge in [-0.1, -0.05) is 440 Å². The monoisotopic (exact) mass is 1440 g/mol. The molecule has 1 N–H and O–H groups in total. The van der Waals surface area contributed by atoms with Gasteiger partial charge >= 0.3 is 19.8 Å². The summed E-state index contributed by atoms with van der Waals surface area (Å²) in [7, 11) is 1.50. The number of nitrogens with zero attached hydrogens (tertiary/aromatic N) is 1. The fourth-order valence-corrected chi connectivity index (χ4v) is 14.1. The van der Waals surface area contributed by atoms with E-state index in [4.69, 9.17) is 18.5 Å². The number of carbonyl (C=O) groups excluding carboxylic acids is 2. The molecule has 0 amide bonds. The number of rotatable bonds is 83. The zero-order valence-corrected chi connectivity index (χ0v) is 68.8. The van der Waals surface area contributed by atoms with Gasteiger partial charge in [0, 0.05) is 12.8 Å². The number of phosphoric ester groups is 1. The van der Waals surface area contributed by atoms with Crippen LogP contribution in [0.15, 0.2) is 72.9 Å². The van der Waals surface area contributed by atoms with Crippen molar-refractivity contribution in [3.8, 4) is 0 Å². The normalized spacial score (nSPS) is 13.3. The number of phosphoric acid groups is 1. The van der Waals surface area contributed by atoms with E-state index in [1.807, 2.05) is 21.1 Å². The third-order valence-corrected chi connectivity index (χ3v) is 21.0. The molecule has 2 atom stereocenters. The number of quaternary nitrogens is 1. The van der Waals surface area contributed by atoms with E-state index >= 15 is 0 Å². The van der Waals surface area contributed by atoms with Gasteiger partial charge < -0.3 is 18.9 Å². The predicted octanol–water partition coefficient (Wildman–Crippen LogP) is 29.8. The molecule has 0 bridgehead atoms. The second-order valence-electron chi connectivity index (χ2n) is 31.3. The van der Waals surface area contributed by atoms with E-state index in [-0.39, 0.29) is 25.6 Å². The maximum atomic E-state index is 12.9. The van der Waals surface area contributed by atoms with Crippen LogP contribution in [0.1, 0.15) is 444 Å². The van der Waals surface area contributed by atoms with Crippen LogP contribution >= 0.6 is 7.82 Å². The Kier molecular flexibility index (Phi) is 79.5. The van der Waals surface area contributed by atoms with Crippen molar-refractivity contribution in [2.45, 2.75) is 450 Å². The van der Waals surface area contributed by atoms with E-state index in [2.05, 4.69) is 86.8 Å². The highest BCUT2D eigenvalue weighted by atomic mass is 31.2. The Bertz CT molecular complexity index is 1940. The second-order valence-corrected chi connectivity index (χ2v) is 32.7. The molecule has 101 heavy (non-hydrogen) atoms. The van der Waals surface area contributed by atoms with Gasteiger partial charge in [-0.3, -0.25) is 18.6 Å². The summed E-state index contributed by atoms with van der Waals surface area (Å²) in [6, 6.07) is 0. The highest BCUT2D eigenvalue weighted by Gasteiger charge is 2.27. The van der Waals surface area contributed by atoms with Gasteiger partial charge in [-0.15, -0.1) is 0 Å². The smallest absolute Gasteiger partial charge is 0.462 e. The summed E-state index contributed by atoms with van der Waals surface area (Å²) < 4.78 is 34.9. The van der Waals surface area contributed by atoms with Gasteiger partial charge in [0.25, 0.3) is 0 Å². The van der Waals surface area contributed by atoms with E-state index < -0.39 is 26.5 Å². The molecule has 0 saturated carbocycles. The Balaban J connectivity index is 3.86. The average Bonchev–Trinajstić information content (AvgIpc) is 1.02. The molecule has 0 fully saturated rings. The molecule has 0 radical (unpaired) electrons. The largest absolute Gasteiger partial charge is 0.472 e. The Morgan fingerprint density at radius 3 is 0.842 bits per heavy atom. The number of allylic oxidation sites excluding steroid dienone is 12. The van der Waals surface area contributed by atoms with Crippen LogP contribution in [0.3, 0.4) is 0 Å². The molecule has 0 spiro atoms. The second kappa shape index (κ2) is 81.5. The summed E-state index contributed by atoms with van der Waals surface area (Å²) in [6.45, 7) is 4.40. The maximum absolute atomic E-state index is 12.9. The lowest BCUT2D eigenvalue weighted by Crippen LogP contribution is -2.37. The molecule has 0 aliphatic heterocycles. The number of carbonyl (C=O) groups is 2. The Labute approximate surface area is 629 Å². The first-order valence-electron chi connectivity index (χ1n) is 44.2. The van der Waals surface area contributed by atoms with Gasteiger partial charge in [-0.25, -0.2) is 4.57 Å². The third kappa shape index (κ3) is 86.3. The molecule has 0 rings (SSSR count). The molecule has 0 aromatic heterocycles. The van der Waals surface area contributed by atoms with Gasteiger partial charge in [0.1, 0.15) is 19.8 Å². The van der Waals surface area contributed by atoms with Crippen LogP contribution < -0.4 is 0 Å². The van der Waals surface area contributed by atoms with Gasteiger partial charge in [0.15, 0.2) is 6.10 Å². The zero-order valence-electron chi connectivity index (χ0n) is 67.9. The molecular formula is C91H171NO8P+. The summed E-state index contributed by atoms with van der Waals surface area (Å²) in [5, 5.41) is 0. The van der Waals surface area contributed by atoms with E-state index in [1.54, 1.807) is 0 Å². The Morgan fingerprint density at radius 1 is 0.317 bits per heavy atom. The first-order chi connectivity index (χ1) is 49.5. The van der Waals surface area contributed by atoms with Gasteiger partial charge in [-0.2, -0.15) is 0 Å². The molecular weight excluding hydrogens is 1270 g/mol. The van der Waals surface area contributed by atoms with Crippen molar-refractivity contribution < 1.29 is 42.1 Å². The molecule has 592 valence electrons. The lowest BCUT2D eigenvalue weighted by Gasteiger charge is -2.24. The molecule has 0 heterocycles.